The molecule has 0 saturated heterocycles. The average molecular weight is 153 g/mol. The van der Waals surface area contributed by atoms with E-state index in [4.69, 9.17) is 0 Å². The van der Waals surface area contributed by atoms with Crippen LogP contribution in [-0.4, -0.2) is 15.0 Å². The Morgan fingerprint density at radius 3 is 2.45 bits per heavy atom. The van der Waals surface area contributed by atoms with Crippen LogP contribution in [0.25, 0.3) is 0 Å². The van der Waals surface area contributed by atoms with Gasteiger partial charge in [0.25, 0.3) is 0 Å². The van der Waals surface area contributed by atoms with E-state index in [1.165, 1.54) is 5.69 Å². The summed E-state index contributed by atoms with van der Waals surface area (Å²) in [6.45, 7) is 6.44. The molecule has 0 spiro atoms. The summed E-state index contributed by atoms with van der Waals surface area (Å²) in [5.41, 5.74) is 2.38. The summed E-state index contributed by atoms with van der Waals surface area (Å²) in [7, 11) is 1.95. The molecule has 3 nitrogen and oxygen atoms in total. The summed E-state index contributed by atoms with van der Waals surface area (Å²) in [5, 5.41) is 8.04. The van der Waals surface area contributed by atoms with E-state index in [1.54, 1.807) is 0 Å². The molecule has 0 aliphatic carbocycles. The fraction of sp³-hybridized carbons (Fsp3) is 0.750. The van der Waals surface area contributed by atoms with Crippen LogP contribution in [-0.2, 0) is 13.5 Å². The van der Waals surface area contributed by atoms with Gasteiger partial charge in [0.1, 0.15) is 0 Å². The number of nitrogens with zero attached hydrogens (tertiary/aromatic N) is 3. The van der Waals surface area contributed by atoms with E-state index in [9.17, 15) is 0 Å². The first-order valence-corrected chi connectivity index (χ1v) is 4.05. The lowest BCUT2D eigenvalue weighted by molar-refractivity contribution is 0.647. The van der Waals surface area contributed by atoms with Crippen LogP contribution in [0.3, 0.4) is 0 Å². The minimum absolute atomic E-state index is 0.518. The van der Waals surface area contributed by atoms with Crippen molar-refractivity contribution in [1.29, 1.82) is 0 Å². The largest absolute Gasteiger partial charge is 0.252 e. The van der Waals surface area contributed by atoms with Gasteiger partial charge in [-0.15, -0.1) is 5.10 Å². The summed E-state index contributed by atoms with van der Waals surface area (Å²) in [4.78, 5) is 0. The Bertz CT molecular complexity index is 237. The monoisotopic (exact) mass is 153 g/mol. The van der Waals surface area contributed by atoms with E-state index in [0.29, 0.717) is 5.92 Å². The summed E-state index contributed by atoms with van der Waals surface area (Å²) < 4.78 is 1.86. The zero-order valence-electron chi connectivity index (χ0n) is 7.63. The molecule has 0 fully saturated rings. The first-order chi connectivity index (χ1) is 5.16. The van der Waals surface area contributed by atoms with Crippen molar-refractivity contribution in [2.24, 2.45) is 7.05 Å². The predicted octanol–water partition coefficient (Wildman–Crippen LogP) is 1.50. The molecule has 0 bridgehead atoms. The van der Waals surface area contributed by atoms with E-state index in [1.807, 2.05) is 11.7 Å². The van der Waals surface area contributed by atoms with Crippen LogP contribution < -0.4 is 0 Å². The quantitative estimate of drug-likeness (QED) is 0.644. The number of aryl methyl sites for hydroxylation is 2. The van der Waals surface area contributed by atoms with Crippen LogP contribution in [0.5, 0.6) is 0 Å². The second-order valence-electron chi connectivity index (χ2n) is 3.05. The third-order valence-corrected chi connectivity index (χ3v) is 1.83. The van der Waals surface area contributed by atoms with Crippen molar-refractivity contribution in [2.45, 2.75) is 33.1 Å². The number of aromatic nitrogens is 3. The van der Waals surface area contributed by atoms with Crippen LogP contribution in [0.15, 0.2) is 0 Å². The van der Waals surface area contributed by atoms with Gasteiger partial charge in [-0.3, -0.25) is 4.68 Å². The van der Waals surface area contributed by atoms with Gasteiger partial charge in [0.05, 0.1) is 11.4 Å². The van der Waals surface area contributed by atoms with Gasteiger partial charge in [-0.1, -0.05) is 26.0 Å². The van der Waals surface area contributed by atoms with Gasteiger partial charge in [0, 0.05) is 7.05 Å². The molecule has 0 aliphatic heterocycles. The van der Waals surface area contributed by atoms with E-state index in [-0.39, 0.29) is 0 Å². The van der Waals surface area contributed by atoms with Crippen LogP contribution in [0.2, 0.25) is 0 Å². The number of hydrogen-bond donors (Lipinski definition) is 0. The molecule has 11 heavy (non-hydrogen) atoms. The topological polar surface area (TPSA) is 30.7 Å². The zero-order valence-corrected chi connectivity index (χ0v) is 7.63. The Morgan fingerprint density at radius 1 is 1.45 bits per heavy atom. The molecule has 0 N–H and O–H groups in total. The molecule has 1 rings (SSSR count). The number of hydrogen-bond acceptors (Lipinski definition) is 2. The predicted molar refractivity (Wildman–Crippen MR) is 44.5 cm³/mol. The van der Waals surface area contributed by atoms with E-state index < -0.39 is 0 Å². The maximum Gasteiger partial charge on any atom is 0.0858 e. The molecule has 1 aromatic rings. The molecule has 0 amide bonds. The van der Waals surface area contributed by atoms with Crippen LogP contribution in [0.1, 0.15) is 38.1 Å². The maximum absolute atomic E-state index is 4.07. The first kappa shape index (κ1) is 8.24. The number of rotatable bonds is 2. The second kappa shape index (κ2) is 3.03. The van der Waals surface area contributed by atoms with Gasteiger partial charge in [0.2, 0.25) is 0 Å². The average Bonchev–Trinajstić information content (AvgIpc) is 2.30. The SMILES string of the molecule is CCc1nnn(C)c1C(C)C. The molecule has 62 valence electrons. The van der Waals surface area contributed by atoms with Crippen molar-refractivity contribution in [1.82, 2.24) is 15.0 Å². The van der Waals surface area contributed by atoms with Gasteiger partial charge >= 0.3 is 0 Å². The highest BCUT2D eigenvalue weighted by molar-refractivity contribution is 5.13. The van der Waals surface area contributed by atoms with E-state index in [2.05, 4.69) is 31.1 Å². The van der Waals surface area contributed by atoms with Crippen LogP contribution >= 0.6 is 0 Å². The van der Waals surface area contributed by atoms with Crippen molar-refractivity contribution >= 4 is 0 Å². The van der Waals surface area contributed by atoms with Crippen molar-refractivity contribution in [2.75, 3.05) is 0 Å². The Morgan fingerprint density at radius 2 is 2.09 bits per heavy atom. The minimum Gasteiger partial charge on any atom is -0.252 e. The zero-order chi connectivity index (χ0) is 8.43. The molecule has 3 heteroatoms. The molecule has 1 heterocycles. The molecule has 0 radical (unpaired) electrons. The molecule has 0 unspecified atom stereocenters. The van der Waals surface area contributed by atoms with Gasteiger partial charge in [-0.05, 0) is 12.3 Å². The normalized spacial score (nSPS) is 11.0. The molecule has 0 aromatic carbocycles. The summed E-state index contributed by atoms with van der Waals surface area (Å²) in [6.07, 6.45) is 0.974. The van der Waals surface area contributed by atoms with Gasteiger partial charge in [0.15, 0.2) is 0 Å². The Balaban J connectivity index is 3.07. The Labute approximate surface area is 67.4 Å². The Hall–Kier alpha value is -0.860. The molecular weight excluding hydrogens is 138 g/mol. The van der Waals surface area contributed by atoms with Gasteiger partial charge in [-0.2, -0.15) is 0 Å². The molecular formula is C8H15N3. The summed E-state index contributed by atoms with van der Waals surface area (Å²) >= 11 is 0. The Kier molecular flexibility index (Phi) is 2.27. The summed E-state index contributed by atoms with van der Waals surface area (Å²) in [6, 6.07) is 0. The third kappa shape index (κ3) is 1.42. The van der Waals surface area contributed by atoms with Crippen molar-refractivity contribution in [3.05, 3.63) is 11.4 Å². The lowest BCUT2D eigenvalue weighted by atomic mass is 10.1. The highest BCUT2D eigenvalue weighted by atomic mass is 15.4. The first-order valence-electron chi connectivity index (χ1n) is 4.05. The highest BCUT2D eigenvalue weighted by Gasteiger charge is 2.11. The molecule has 1 aromatic heterocycles. The van der Waals surface area contributed by atoms with E-state index >= 15 is 0 Å². The smallest absolute Gasteiger partial charge is 0.0858 e. The van der Waals surface area contributed by atoms with Crippen LogP contribution in [0, 0.1) is 0 Å². The second-order valence-corrected chi connectivity index (χ2v) is 3.05. The molecule has 0 atom stereocenters. The van der Waals surface area contributed by atoms with Crippen molar-refractivity contribution in [3.8, 4) is 0 Å². The summed E-state index contributed by atoms with van der Waals surface area (Å²) in [5.74, 6) is 0.518. The van der Waals surface area contributed by atoms with Crippen LogP contribution in [0.4, 0.5) is 0 Å². The maximum atomic E-state index is 4.07. The standard InChI is InChI=1S/C8H15N3/c1-5-7-8(6(2)3)11(4)10-9-7/h6H,5H2,1-4H3. The van der Waals surface area contributed by atoms with Crippen molar-refractivity contribution in [3.63, 3.8) is 0 Å². The highest BCUT2D eigenvalue weighted by Crippen LogP contribution is 2.16. The van der Waals surface area contributed by atoms with Gasteiger partial charge in [-0.25, -0.2) is 0 Å². The molecule has 0 aliphatic rings. The minimum atomic E-state index is 0.518. The van der Waals surface area contributed by atoms with Gasteiger partial charge < -0.3 is 0 Å². The fourth-order valence-corrected chi connectivity index (χ4v) is 1.37. The van der Waals surface area contributed by atoms with E-state index in [0.717, 1.165) is 12.1 Å². The fourth-order valence-electron chi connectivity index (χ4n) is 1.37. The molecule has 0 saturated carbocycles. The lowest BCUT2D eigenvalue weighted by Crippen LogP contribution is -2.01. The van der Waals surface area contributed by atoms with Crippen molar-refractivity contribution < 1.29 is 0 Å². The third-order valence-electron chi connectivity index (χ3n) is 1.83. The lowest BCUT2D eigenvalue weighted by Gasteiger charge is -2.05.